The number of carbonyl (C=O) groups is 1. The number of aromatic nitrogens is 3. The number of nitrogens with one attached hydrogen (secondary N) is 2. The van der Waals surface area contributed by atoms with Crippen LogP contribution < -0.4 is 20.5 Å². The van der Waals surface area contributed by atoms with Crippen molar-refractivity contribution >= 4 is 5.91 Å². The zero-order valence-corrected chi connectivity index (χ0v) is 12.3. The van der Waals surface area contributed by atoms with Gasteiger partial charge in [0.25, 0.3) is 5.91 Å². The number of amides is 1. The molecular formula is C14H16N4O4. The number of carbonyl (C=O) groups excluding carboxylic acids is 1. The first-order valence-electron chi connectivity index (χ1n) is 6.54. The summed E-state index contributed by atoms with van der Waals surface area (Å²) in [5.74, 6) is 0.474. The molecule has 0 bridgehead atoms. The maximum atomic E-state index is 11.7. The average Bonchev–Trinajstić information content (AvgIpc) is 2.54. The highest BCUT2D eigenvalue weighted by atomic mass is 16.5. The molecule has 1 aromatic heterocycles. The van der Waals surface area contributed by atoms with Gasteiger partial charge in [-0.15, -0.1) is 0 Å². The Morgan fingerprint density at radius 1 is 1.32 bits per heavy atom. The van der Waals surface area contributed by atoms with Crippen molar-refractivity contribution in [2.24, 2.45) is 0 Å². The predicted molar refractivity (Wildman–Crippen MR) is 77.7 cm³/mol. The molecule has 8 heteroatoms. The second-order valence-electron chi connectivity index (χ2n) is 4.44. The van der Waals surface area contributed by atoms with E-state index in [1.807, 2.05) is 24.3 Å². The summed E-state index contributed by atoms with van der Waals surface area (Å²) in [4.78, 5) is 26.3. The number of aromatic amines is 1. The van der Waals surface area contributed by atoms with Gasteiger partial charge in [0.05, 0.1) is 7.11 Å². The highest BCUT2D eigenvalue weighted by molar-refractivity contribution is 5.77. The van der Waals surface area contributed by atoms with Crippen molar-refractivity contribution in [3.63, 3.8) is 0 Å². The van der Waals surface area contributed by atoms with Gasteiger partial charge in [-0.05, 0) is 24.6 Å². The van der Waals surface area contributed by atoms with E-state index in [9.17, 15) is 9.59 Å². The van der Waals surface area contributed by atoms with Crippen molar-refractivity contribution in [1.29, 1.82) is 0 Å². The Kier molecular flexibility index (Phi) is 5.07. The Balaban J connectivity index is 1.82. The second-order valence-corrected chi connectivity index (χ2v) is 4.44. The average molecular weight is 304 g/mol. The van der Waals surface area contributed by atoms with Gasteiger partial charge in [0, 0.05) is 6.54 Å². The first-order chi connectivity index (χ1) is 10.6. The van der Waals surface area contributed by atoms with E-state index in [1.165, 1.54) is 0 Å². The van der Waals surface area contributed by atoms with Gasteiger partial charge < -0.3 is 14.8 Å². The first kappa shape index (κ1) is 15.5. The fraction of sp³-hybridized carbons (Fsp3) is 0.286. The standard InChI is InChI=1S/C14H16N4O4/c1-9-13(16-14(20)18-17-9)22-8-12(19)15-7-10-3-5-11(21-2)6-4-10/h3-6H,7-8H2,1-2H3,(H,15,19)(H,16,18,20). The Hall–Kier alpha value is -2.90. The third kappa shape index (κ3) is 4.30. The molecule has 1 amide bonds. The molecule has 2 rings (SSSR count). The molecule has 22 heavy (non-hydrogen) atoms. The molecule has 0 saturated carbocycles. The van der Waals surface area contributed by atoms with Crippen LogP contribution in [0.1, 0.15) is 11.3 Å². The molecule has 0 atom stereocenters. The van der Waals surface area contributed by atoms with Crippen molar-refractivity contribution in [2.45, 2.75) is 13.5 Å². The van der Waals surface area contributed by atoms with Crippen LogP contribution in [0, 0.1) is 6.92 Å². The number of hydrogen-bond acceptors (Lipinski definition) is 6. The summed E-state index contributed by atoms with van der Waals surface area (Å²) in [6.07, 6.45) is 0. The second kappa shape index (κ2) is 7.21. The fourth-order valence-electron chi connectivity index (χ4n) is 1.64. The monoisotopic (exact) mass is 304 g/mol. The molecule has 116 valence electrons. The Bertz CT molecular complexity index is 697. The molecule has 0 radical (unpaired) electrons. The number of benzene rings is 1. The van der Waals surface area contributed by atoms with Gasteiger partial charge in [-0.3, -0.25) is 4.79 Å². The van der Waals surface area contributed by atoms with Crippen molar-refractivity contribution < 1.29 is 14.3 Å². The molecule has 0 spiro atoms. The lowest BCUT2D eigenvalue weighted by atomic mass is 10.2. The van der Waals surface area contributed by atoms with E-state index in [2.05, 4.69) is 20.5 Å². The van der Waals surface area contributed by atoms with Crippen LogP contribution in [-0.4, -0.2) is 34.8 Å². The molecule has 2 aromatic rings. The highest BCUT2D eigenvalue weighted by Gasteiger charge is 2.07. The number of aryl methyl sites for hydroxylation is 1. The molecule has 0 fully saturated rings. The zero-order valence-electron chi connectivity index (χ0n) is 12.3. The lowest BCUT2D eigenvalue weighted by molar-refractivity contribution is -0.123. The Morgan fingerprint density at radius 3 is 2.73 bits per heavy atom. The molecule has 1 aromatic carbocycles. The molecule has 0 aliphatic rings. The summed E-state index contributed by atoms with van der Waals surface area (Å²) in [5.41, 5.74) is 0.711. The van der Waals surface area contributed by atoms with Gasteiger partial charge in [-0.25, -0.2) is 9.89 Å². The highest BCUT2D eigenvalue weighted by Crippen LogP contribution is 2.11. The summed E-state index contributed by atoms with van der Waals surface area (Å²) < 4.78 is 10.2. The lowest BCUT2D eigenvalue weighted by Crippen LogP contribution is -2.29. The molecule has 1 heterocycles. The summed E-state index contributed by atoms with van der Waals surface area (Å²) in [6, 6.07) is 7.33. The van der Waals surface area contributed by atoms with Crippen LogP contribution in [0.2, 0.25) is 0 Å². The molecule has 0 unspecified atom stereocenters. The van der Waals surface area contributed by atoms with E-state index in [4.69, 9.17) is 9.47 Å². The minimum Gasteiger partial charge on any atom is -0.497 e. The van der Waals surface area contributed by atoms with Crippen molar-refractivity contribution in [3.8, 4) is 11.6 Å². The van der Waals surface area contributed by atoms with E-state index in [0.29, 0.717) is 12.2 Å². The van der Waals surface area contributed by atoms with Crippen LogP contribution in [0.15, 0.2) is 29.1 Å². The summed E-state index contributed by atoms with van der Waals surface area (Å²) in [7, 11) is 1.59. The van der Waals surface area contributed by atoms with Crippen molar-refractivity contribution in [1.82, 2.24) is 20.5 Å². The smallest absolute Gasteiger partial charge is 0.364 e. The van der Waals surface area contributed by atoms with Crippen LogP contribution >= 0.6 is 0 Å². The molecule has 0 aliphatic carbocycles. The van der Waals surface area contributed by atoms with E-state index in [-0.39, 0.29) is 18.4 Å². The number of rotatable bonds is 6. The molecule has 0 aliphatic heterocycles. The molecule has 8 nitrogen and oxygen atoms in total. The minimum atomic E-state index is -0.626. The van der Waals surface area contributed by atoms with Gasteiger partial charge in [0.1, 0.15) is 11.4 Å². The first-order valence-corrected chi connectivity index (χ1v) is 6.54. The van der Waals surface area contributed by atoms with Crippen LogP contribution in [-0.2, 0) is 11.3 Å². The quantitative estimate of drug-likeness (QED) is 0.788. The number of methoxy groups -OCH3 is 1. The van der Waals surface area contributed by atoms with Crippen LogP contribution in [0.25, 0.3) is 0 Å². The maximum absolute atomic E-state index is 11.7. The third-order valence-electron chi connectivity index (χ3n) is 2.82. The van der Waals surface area contributed by atoms with Gasteiger partial charge in [-0.1, -0.05) is 12.1 Å². The maximum Gasteiger partial charge on any atom is 0.364 e. The van der Waals surface area contributed by atoms with E-state index >= 15 is 0 Å². The van der Waals surface area contributed by atoms with Gasteiger partial charge in [0.15, 0.2) is 6.61 Å². The van der Waals surface area contributed by atoms with E-state index in [1.54, 1.807) is 14.0 Å². The van der Waals surface area contributed by atoms with Crippen molar-refractivity contribution in [3.05, 3.63) is 46.0 Å². The fourth-order valence-corrected chi connectivity index (χ4v) is 1.64. The summed E-state index contributed by atoms with van der Waals surface area (Å²) in [6.45, 7) is 1.74. The van der Waals surface area contributed by atoms with Crippen LogP contribution in [0.5, 0.6) is 11.6 Å². The number of hydrogen-bond donors (Lipinski definition) is 2. The number of nitrogens with zero attached hydrogens (tertiary/aromatic N) is 2. The Labute approximate surface area is 126 Å². The summed E-state index contributed by atoms with van der Waals surface area (Å²) >= 11 is 0. The van der Waals surface area contributed by atoms with E-state index in [0.717, 1.165) is 11.3 Å². The summed E-state index contributed by atoms with van der Waals surface area (Å²) in [5, 5.41) is 8.58. The predicted octanol–water partition coefficient (Wildman–Crippen LogP) is 0.177. The van der Waals surface area contributed by atoms with Gasteiger partial charge in [0.2, 0.25) is 5.88 Å². The lowest BCUT2D eigenvalue weighted by Gasteiger charge is -2.08. The number of ether oxygens (including phenoxy) is 2. The van der Waals surface area contributed by atoms with Gasteiger partial charge in [-0.2, -0.15) is 10.1 Å². The molecule has 2 N–H and O–H groups in total. The van der Waals surface area contributed by atoms with Crippen LogP contribution in [0.3, 0.4) is 0 Å². The molecular weight excluding hydrogens is 288 g/mol. The van der Waals surface area contributed by atoms with E-state index < -0.39 is 5.69 Å². The van der Waals surface area contributed by atoms with Gasteiger partial charge >= 0.3 is 5.69 Å². The zero-order chi connectivity index (χ0) is 15.9. The number of H-pyrrole nitrogens is 1. The Morgan fingerprint density at radius 2 is 2.05 bits per heavy atom. The normalized spacial score (nSPS) is 10.1. The SMILES string of the molecule is COc1ccc(CNC(=O)COc2nc(=O)[nH]nc2C)cc1. The minimum absolute atomic E-state index is 0.0448. The topological polar surface area (TPSA) is 106 Å². The van der Waals surface area contributed by atoms with Crippen molar-refractivity contribution in [2.75, 3.05) is 13.7 Å². The largest absolute Gasteiger partial charge is 0.497 e. The van der Waals surface area contributed by atoms with Crippen LogP contribution in [0.4, 0.5) is 0 Å². The molecule has 0 saturated heterocycles. The third-order valence-corrected chi connectivity index (χ3v) is 2.82.